The lowest BCUT2D eigenvalue weighted by atomic mass is 10.2. The minimum absolute atomic E-state index is 0.0414. The zero-order valence-corrected chi connectivity index (χ0v) is 17.7. The molecular weight excluding hydrogens is 434 g/mol. The topological polar surface area (TPSA) is 97.4 Å². The fourth-order valence-corrected chi connectivity index (χ4v) is 4.34. The number of rotatable bonds is 8. The first-order valence-electron chi connectivity index (χ1n) is 8.57. The average Bonchev–Trinajstić information content (AvgIpc) is 3.20. The Bertz CT molecular complexity index is 1070. The van der Waals surface area contributed by atoms with Crippen LogP contribution in [0.2, 0.25) is 5.02 Å². The van der Waals surface area contributed by atoms with Crippen molar-refractivity contribution in [3.63, 3.8) is 0 Å². The van der Waals surface area contributed by atoms with Crippen LogP contribution in [0.15, 0.2) is 65.0 Å². The summed E-state index contributed by atoms with van der Waals surface area (Å²) in [5.74, 6) is 0.203. The van der Waals surface area contributed by atoms with E-state index in [4.69, 9.17) is 16.3 Å². The first-order chi connectivity index (χ1) is 13.8. The molecule has 0 aliphatic carbocycles. The molecule has 0 aliphatic rings. The van der Waals surface area contributed by atoms with Crippen molar-refractivity contribution in [1.29, 1.82) is 0 Å². The van der Waals surface area contributed by atoms with Crippen molar-refractivity contribution in [2.75, 3.05) is 11.3 Å². The summed E-state index contributed by atoms with van der Waals surface area (Å²) in [6.45, 7) is 2.07. The van der Waals surface area contributed by atoms with Gasteiger partial charge in [0, 0.05) is 17.1 Å². The minimum Gasteiger partial charge on any atom is -0.487 e. The van der Waals surface area contributed by atoms with Gasteiger partial charge >= 0.3 is 0 Å². The van der Waals surface area contributed by atoms with Crippen LogP contribution in [-0.4, -0.2) is 32.0 Å². The van der Waals surface area contributed by atoms with Crippen LogP contribution in [-0.2, 0) is 10.0 Å². The number of amides is 1. The van der Waals surface area contributed by atoms with Gasteiger partial charge < -0.3 is 10.1 Å². The minimum atomic E-state index is -3.76. The van der Waals surface area contributed by atoms with Gasteiger partial charge in [0.2, 0.25) is 0 Å². The first kappa shape index (κ1) is 21.1. The number of carbonyl (C=O) groups is 1. The third-order valence-corrected chi connectivity index (χ3v) is 6.28. The van der Waals surface area contributed by atoms with Gasteiger partial charge in [-0.3, -0.25) is 9.52 Å². The number of ether oxygens (including phenoxy) is 1. The molecule has 0 aliphatic heterocycles. The van der Waals surface area contributed by atoms with E-state index in [9.17, 15) is 13.2 Å². The van der Waals surface area contributed by atoms with Crippen molar-refractivity contribution in [3.05, 3.63) is 70.7 Å². The Morgan fingerprint density at radius 1 is 1.21 bits per heavy atom. The van der Waals surface area contributed by atoms with Crippen LogP contribution in [0.4, 0.5) is 5.13 Å². The van der Waals surface area contributed by atoms with E-state index >= 15 is 0 Å². The molecule has 0 radical (unpaired) electrons. The number of halogens is 1. The Balaban J connectivity index is 1.57. The van der Waals surface area contributed by atoms with Gasteiger partial charge in [-0.2, -0.15) is 0 Å². The van der Waals surface area contributed by atoms with Gasteiger partial charge in [-0.05, 0) is 43.3 Å². The summed E-state index contributed by atoms with van der Waals surface area (Å²) in [7, 11) is -3.76. The quantitative estimate of drug-likeness (QED) is 0.543. The van der Waals surface area contributed by atoms with Crippen LogP contribution in [0.25, 0.3) is 0 Å². The fraction of sp³-hybridized carbons (Fsp3) is 0.158. The Hall–Kier alpha value is -2.62. The van der Waals surface area contributed by atoms with Gasteiger partial charge in [0.15, 0.2) is 5.13 Å². The first-order valence-corrected chi connectivity index (χ1v) is 11.3. The second kappa shape index (κ2) is 9.25. The molecule has 7 nitrogen and oxygen atoms in total. The molecular formula is C19H18ClN3O4S2. The van der Waals surface area contributed by atoms with Crippen molar-refractivity contribution >= 4 is 44.0 Å². The van der Waals surface area contributed by atoms with E-state index in [1.165, 1.54) is 41.8 Å². The van der Waals surface area contributed by atoms with E-state index < -0.39 is 10.0 Å². The van der Waals surface area contributed by atoms with Gasteiger partial charge in [0.25, 0.3) is 15.9 Å². The number of hydrogen-bond acceptors (Lipinski definition) is 6. The van der Waals surface area contributed by atoms with Gasteiger partial charge in [0.1, 0.15) is 11.9 Å². The average molecular weight is 452 g/mol. The summed E-state index contributed by atoms with van der Waals surface area (Å²) in [5, 5.41) is 5.19. The summed E-state index contributed by atoms with van der Waals surface area (Å²) >= 11 is 7.23. The largest absolute Gasteiger partial charge is 0.487 e. The maximum atomic E-state index is 12.3. The van der Waals surface area contributed by atoms with Gasteiger partial charge in [0.05, 0.1) is 16.5 Å². The van der Waals surface area contributed by atoms with Crippen LogP contribution in [0, 0.1) is 0 Å². The summed E-state index contributed by atoms with van der Waals surface area (Å²) in [5.41, 5.74) is 0.336. The molecule has 2 aromatic carbocycles. The van der Waals surface area contributed by atoms with E-state index in [0.717, 1.165) is 0 Å². The maximum absolute atomic E-state index is 12.3. The van der Waals surface area contributed by atoms with E-state index in [1.54, 1.807) is 23.6 Å². The standard InChI is InChI=1S/C19H18ClN3O4S2/c1-13(27-17-5-3-2-4-16(17)20)12-22-18(24)14-6-8-15(9-7-14)29(25,26)23-19-21-10-11-28-19/h2-11,13H,12H2,1H3,(H,21,23)(H,22,24). The fourth-order valence-electron chi connectivity index (χ4n) is 2.37. The highest BCUT2D eigenvalue weighted by Crippen LogP contribution is 2.24. The van der Waals surface area contributed by atoms with Crippen molar-refractivity contribution in [1.82, 2.24) is 10.3 Å². The molecule has 152 valence electrons. The highest BCUT2D eigenvalue weighted by atomic mass is 35.5. The molecule has 0 spiro atoms. The molecule has 0 saturated carbocycles. The lowest BCUT2D eigenvalue weighted by Crippen LogP contribution is -2.33. The van der Waals surface area contributed by atoms with Crippen molar-refractivity contribution < 1.29 is 17.9 Å². The summed E-state index contributed by atoms with van der Waals surface area (Å²) in [6, 6.07) is 12.7. The summed E-state index contributed by atoms with van der Waals surface area (Å²) < 4.78 is 32.7. The number of nitrogens with zero attached hydrogens (tertiary/aromatic N) is 1. The Morgan fingerprint density at radius 2 is 1.93 bits per heavy atom. The zero-order valence-electron chi connectivity index (χ0n) is 15.3. The number of benzene rings is 2. The molecule has 0 bridgehead atoms. The van der Waals surface area contributed by atoms with E-state index in [2.05, 4.69) is 15.0 Å². The molecule has 3 aromatic rings. The van der Waals surface area contributed by atoms with Gasteiger partial charge in [-0.1, -0.05) is 23.7 Å². The SMILES string of the molecule is CC(CNC(=O)c1ccc(S(=O)(=O)Nc2nccs2)cc1)Oc1ccccc1Cl. The Kier molecular flexibility index (Phi) is 6.73. The van der Waals surface area contributed by atoms with E-state index in [-0.39, 0.29) is 28.6 Å². The third kappa shape index (κ3) is 5.69. The molecule has 10 heteroatoms. The van der Waals surface area contributed by atoms with Crippen LogP contribution < -0.4 is 14.8 Å². The van der Waals surface area contributed by atoms with Crippen molar-refractivity contribution in [2.24, 2.45) is 0 Å². The molecule has 1 unspecified atom stereocenters. The Morgan fingerprint density at radius 3 is 2.59 bits per heavy atom. The second-order valence-corrected chi connectivity index (χ2v) is 9.02. The number of thiazole rings is 1. The van der Waals surface area contributed by atoms with Crippen LogP contribution >= 0.6 is 22.9 Å². The van der Waals surface area contributed by atoms with Gasteiger partial charge in [-0.15, -0.1) is 11.3 Å². The van der Waals surface area contributed by atoms with E-state index in [1.807, 2.05) is 13.0 Å². The molecule has 3 rings (SSSR count). The monoisotopic (exact) mass is 451 g/mol. The second-order valence-electron chi connectivity index (χ2n) is 6.04. The smallest absolute Gasteiger partial charge is 0.263 e. The lowest BCUT2D eigenvalue weighted by Gasteiger charge is -2.16. The molecule has 0 saturated heterocycles. The zero-order chi connectivity index (χ0) is 20.9. The maximum Gasteiger partial charge on any atom is 0.263 e. The normalized spacial score (nSPS) is 12.2. The highest BCUT2D eigenvalue weighted by Gasteiger charge is 2.17. The van der Waals surface area contributed by atoms with Crippen LogP contribution in [0.3, 0.4) is 0 Å². The molecule has 29 heavy (non-hydrogen) atoms. The molecule has 1 aromatic heterocycles. The summed E-state index contributed by atoms with van der Waals surface area (Å²) in [6.07, 6.45) is 1.20. The molecule has 0 fully saturated rings. The molecule has 1 atom stereocenters. The highest BCUT2D eigenvalue weighted by molar-refractivity contribution is 7.93. The number of para-hydroxylation sites is 1. The number of sulfonamides is 1. The van der Waals surface area contributed by atoms with Crippen LogP contribution in [0.1, 0.15) is 17.3 Å². The molecule has 1 heterocycles. The number of nitrogens with one attached hydrogen (secondary N) is 2. The summed E-state index contributed by atoms with van der Waals surface area (Å²) in [4.78, 5) is 16.3. The number of hydrogen-bond donors (Lipinski definition) is 2. The predicted octanol–water partition coefficient (Wildman–Crippen LogP) is 3.79. The molecule has 1 amide bonds. The molecule has 2 N–H and O–H groups in total. The number of carbonyl (C=O) groups excluding carboxylic acids is 1. The van der Waals surface area contributed by atoms with Crippen LogP contribution in [0.5, 0.6) is 5.75 Å². The Labute approximate surface area is 177 Å². The van der Waals surface area contributed by atoms with E-state index in [0.29, 0.717) is 16.3 Å². The number of aromatic nitrogens is 1. The van der Waals surface area contributed by atoms with Gasteiger partial charge in [-0.25, -0.2) is 13.4 Å². The lowest BCUT2D eigenvalue weighted by molar-refractivity contribution is 0.0932. The predicted molar refractivity (Wildman–Crippen MR) is 113 cm³/mol. The third-order valence-electron chi connectivity index (χ3n) is 3.80. The number of anilines is 1. The van der Waals surface area contributed by atoms with Crippen molar-refractivity contribution in [2.45, 2.75) is 17.9 Å². The van der Waals surface area contributed by atoms with Crippen molar-refractivity contribution in [3.8, 4) is 5.75 Å².